The number of carbonyl (C=O) groups is 2. The number of fused-ring (bicyclic) bond motifs is 1. The highest BCUT2D eigenvalue weighted by molar-refractivity contribution is 5.98. The van der Waals surface area contributed by atoms with Crippen molar-refractivity contribution >= 4 is 28.6 Å². The molecular weight excluding hydrogens is 368 g/mol. The maximum absolute atomic E-state index is 13.6. The number of ether oxygens (including phenoxy) is 1. The van der Waals surface area contributed by atoms with Gasteiger partial charge in [-0.3, -0.25) is 4.79 Å². The number of benzene rings is 2. The molecule has 0 aliphatic carbocycles. The molecule has 1 aromatic heterocycles. The molecule has 1 heterocycles. The van der Waals surface area contributed by atoms with Crippen LogP contribution in [0.25, 0.3) is 11.0 Å². The van der Waals surface area contributed by atoms with Crippen molar-refractivity contribution < 1.29 is 23.1 Å². The van der Waals surface area contributed by atoms with Crippen molar-refractivity contribution in [1.29, 1.82) is 0 Å². The lowest BCUT2D eigenvalue weighted by Gasteiger charge is -2.14. The Labute approximate surface area is 159 Å². The Morgan fingerprint density at radius 3 is 2.39 bits per heavy atom. The Kier molecular flexibility index (Phi) is 5.30. The molecule has 0 radical (unpaired) electrons. The van der Waals surface area contributed by atoms with Crippen molar-refractivity contribution in [2.75, 3.05) is 5.32 Å². The fourth-order valence-electron chi connectivity index (χ4n) is 2.47. The number of rotatable bonds is 4. The van der Waals surface area contributed by atoms with Crippen LogP contribution in [0.4, 0.5) is 14.5 Å². The molecule has 3 aromatic rings. The number of halogens is 2. The summed E-state index contributed by atoms with van der Waals surface area (Å²) >= 11 is 0. The summed E-state index contributed by atoms with van der Waals surface area (Å²) in [5.74, 6) is -3.04. The first-order valence-corrected chi connectivity index (χ1v) is 8.46. The van der Waals surface area contributed by atoms with Crippen molar-refractivity contribution in [3.8, 4) is 0 Å². The summed E-state index contributed by atoms with van der Waals surface area (Å²) in [7, 11) is 0. The molecule has 0 aliphatic rings. The highest BCUT2D eigenvalue weighted by atomic mass is 19.1. The average Bonchev–Trinajstić information content (AvgIpc) is 2.65. The monoisotopic (exact) mass is 385 g/mol. The van der Waals surface area contributed by atoms with Crippen molar-refractivity contribution in [2.24, 2.45) is 0 Å². The van der Waals surface area contributed by atoms with Crippen molar-refractivity contribution in [1.82, 2.24) is 9.97 Å². The van der Waals surface area contributed by atoms with Gasteiger partial charge in [-0.05, 0) is 51.1 Å². The zero-order chi connectivity index (χ0) is 20.4. The standard InChI is InChI=1S/C20H17F2N3O3/c1-10-11(2)24-18-8-13(4-7-16(18)23-10)20(27)28-12(3)19(26)25-17-9-14(21)5-6-15(17)22/h4-9,12H,1-3H3,(H,25,26)/t12-/m1/s1. The van der Waals surface area contributed by atoms with Crippen LogP contribution in [0, 0.1) is 25.5 Å². The number of nitrogens with one attached hydrogen (secondary N) is 1. The maximum atomic E-state index is 13.6. The predicted octanol–water partition coefficient (Wildman–Crippen LogP) is 3.71. The molecule has 0 aliphatic heterocycles. The Balaban J connectivity index is 1.72. The molecule has 1 N–H and O–H groups in total. The van der Waals surface area contributed by atoms with E-state index in [0.29, 0.717) is 11.0 Å². The first-order valence-electron chi connectivity index (χ1n) is 8.46. The molecule has 0 saturated carbocycles. The maximum Gasteiger partial charge on any atom is 0.338 e. The Morgan fingerprint density at radius 2 is 1.68 bits per heavy atom. The van der Waals surface area contributed by atoms with Gasteiger partial charge in [0.25, 0.3) is 5.91 Å². The number of nitrogens with zero attached hydrogens (tertiary/aromatic N) is 2. The molecule has 1 atom stereocenters. The van der Waals surface area contributed by atoms with Gasteiger partial charge in [0.15, 0.2) is 6.10 Å². The molecule has 2 aromatic carbocycles. The Morgan fingerprint density at radius 1 is 1.00 bits per heavy atom. The van der Waals surface area contributed by atoms with E-state index in [2.05, 4.69) is 15.3 Å². The number of esters is 1. The zero-order valence-corrected chi connectivity index (χ0v) is 15.4. The van der Waals surface area contributed by atoms with Crippen LogP contribution in [0.5, 0.6) is 0 Å². The highest BCUT2D eigenvalue weighted by Crippen LogP contribution is 2.18. The molecule has 3 rings (SSSR count). The van der Waals surface area contributed by atoms with Crippen LogP contribution in [0.15, 0.2) is 36.4 Å². The lowest BCUT2D eigenvalue weighted by Crippen LogP contribution is -2.30. The largest absolute Gasteiger partial charge is 0.449 e. The molecule has 8 heteroatoms. The van der Waals surface area contributed by atoms with Crippen molar-refractivity contribution in [2.45, 2.75) is 26.9 Å². The van der Waals surface area contributed by atoms with Crippen molar-refractivity contribution in [3.63, 3.8) is 0 Å². The number of aromatic nitrogens is 2. The number of aryl methyl sites for hydroxylation is 2. The van der Waals surface area contributed by atoms with Gasteiger partial charge < -0.3 is 10.1 Å². The van der Waals surface area contributed by atoms with Crippen LogP contribution in [0.1, 0.15) is 28.7 Å². The average molecular weight is 385 g/mol. The summed E-state index contributed by atoms with van der Waals surface area (Å²) in [6.07, 6.45) is -1.23. The molecule has 1 amide bonds. The molecular formula is C20H17F2N3O3. The summed E-state index contributed by atoms with van der Waals surface area (Å²) < 4.78 is 32.0. The van der Waals surface area contributed by atoms with Gasteiger partial charge >= 0.3 is 5.97 Å². The van der Waals surface area contributed by atoms with Gasteiger partial charge in [0, 0.05) is 6.07 Å². The molecule has 0 spiro atoms. The third-order valence-electron chi connectivity index (χ3n) is 4.15. The van der Waals surface area contributed by atoms with Gasteiger partial charge in [-0.2, -0.15) is 0 Å². The molecule has 0 bridgehead atoms. The quantitative estimate of drug-likeness (QED) is 0.693. The van der Waals surface area contributed by atoms with Crippen LogP contribution in [0.3, 0.4) is 0 Å². The summed E-state index contributed by atoms with van der Waals surface area (Å²) in [4.78, 5) is 33.2. The van der Waals surface area contributed by atoms with Crippen LogP contribution < -0.4 is 5.32 Å². The first kappa shape index (κ1) is 19.3. The number of hydrogen-bond donors (Lipinski definition) is 1. The van der Waals surface area contributed by atoms with Gasteiger partial charge in [0.05, 0.1) is 33.7 Å². The van der Waals surface area contributed by atoms with Gasteiger partial charge in [-0.25, -0.2) is 23.5 Å². The second kappa shape index (κ2) is 7.67. The SMILES string of the molecule is Cc1nc2ccc(C(=O)O[C@H](C)C(=O)Nc3cc(F)ccc3F)cc2nc1C. The van der Waals surface area contributed by atoms with Gasteiger partial charge in [0.2, 0.25) is 0 Å². The number of amides is 1. The Bertz CT molecular complexity index is 1090. The van der Waals surface area contributed by atoms with E-state index in [4.69, 9.17) is 4.74 Å². The fraction of sp³-hybridized carbons (Fsp3) is 0.200. The molecule has 144 valence electrons. The van der Waals surface area contributed by atoms with Crippen LogP contribution in [0.2, 0.25) is 0 Å². The van der Waals surface area contributed by atoms with E-state index < -0.39 is 29.6 Å². The minimum atomic E-state index is -1.23. The highest BCUT2D eigenvalue weighted by Gasteiger charge is 2.21. The van der Waals surface area contributed by atoms with E-state index in [-0.39, 0.29) is 11.3 Å². The Hall–Kier alpha value is -3.42. The molecule has 0 saturated heterocycles. The third kappa shape index (κ3) is 4.11. The van der Waals surface area contributed by atoms with E-state index in [9.17, 15) is 18.4 Å². The second-order valence-corrected chi connectivity index (χ2v) is 6.26. The molecule has 6 nitrogen and oxygen atoms in total. The minimum absolute atomic E-state index is 0.196. The number of hydrogen-bond acceptors (Lipinski definition) is 5. The summed E-state index contributed by atoms with van der Waals surface area (Å²) in [5, 5.41) is 2.20. The van der Waals surface area contributed by atoms with Crippen LogP contribution in [-0.2, 0) is 9.53 Å². The zero-order valence-electron chi connectivity index (χ0n) is 15.4. The fourth-order valence-corrected chi connectivity index (χ4v) is 2.47. The predicted molar refractivity (Wildman–Crippen MR) is 98.9 cm³/mol. The molecule has 0 fully saturated rings. The summed E-state index contributed by atoms with van der Waals surface area (Å²) in [6, 6.07) is 7.34. The third-order valence-corrected chi connectivity index (χ3v) is 4.15. The number of anilines is 1. The summed E-state index contributed by atoms with van der Waals surface area (Å²) in [6.45, 7) is 4.98. The second-order valence-electron chi connectivity index (χ2n) is 6.26. The van der Waals surface area contributed by atoms with E-state index in [1.807, 2.05) is 13.8 Å². The molecule has 28 heavy (non-hydrogen) atoms. The van der Waals surface area contributed by atoms with Crippen LogP contribution in [-0.4, -0.2) is 27.9 Å². The molecule has 0 unspecified atom stereocenters. The van der Waals surface area contributed by atoms with Gasteiger partial charge in [0.1, 0.15) is 11.6 Å². The van der Waals surface area contributed by atoms with E-state index in [1.54, 1.807) is 6.07 Å². The lowest BCUT2D eigenvalue weighted by atomic mass is 10.2. The van der Waals surface area contributed by atoms with Gasteiger partial charge in [-0.1, -0.05) is 0 Å². The first-order chi connectivity index (χ1) is 13.2. The van der Waals surface area contributed by atoms with E-state index in [1.165, 1.54) is 19.1 Å². The van der Waals surface area contributed by atoms with E-state index >= 15 is 0 Å². The van der Waals surface area contributed by atoms with Crippen LogP contribution >= 0.6 is 0 Å². The van der Waals surface area contributed by atoms with E-state index in [0.717, 1.165) is 29.6 Å². The van der Waals surface area contributed by atoms with Crippen molar-refractivity contribution in [3.05, 3.63) is 65.0 Å². The summed E-state index contributed by atoms with van der Waals surface area (Å²) in [5.41, 5.74) is 2.55. The van der Waals surface area contributed by atoms with Gasteiger partial charge in [-0.15, -0.1) is 0 Å². The lowest BCUT2D eigenvalue weighted by molar-refractivity contribution is -0.123. The normalized spacial score (nSPS) is 11.9. The number of carbonyl (C=O) groups excluding carboxylic acids is 2. The topological polar surface area (TPSA) is 81.2 Å². The smallest absolute Gasteiger partial charge is 0.338 e. The minimum Gasteiger partial charge on any atom is -0.449 e.